The summed E-state index contributed by atoms with van der Waals surface area (Å²) in [5.41, 5.74) is 0.904. The molecule has 1 nitrogen and oxygen atoms in total. The lowest BCUT2D eigenvalue weighted by molar-refractivity contribution is -0.115. The van der Waals surface area contributed by atoms with Crippen molar-refractivity contribution in [2.75, 3.05) is 0 Å². The van der Waals surface area contributed by atoms with Crippen molar-refractivity contribution in [2.45, 2.75) is 46.5 Å². The Morgan fingerprint density at radius 1 is 1.36 bits per heavy atom. The standard InChI is InChI=1S/C10H18O/c1-4-6-7-8-10(11)9(3)5-2/h5H,4,6-8H2,1-3H3/b9-5+. The highest BCUT2D eigenvalue weighted by Gasteiger charge is 2.01. The van der Waals surface area contributed by atoms with Gasteiger partial charge in [-0.05, 0) is 25.8 Å². The molecule has 0 aromatic heterocycles. The molecule has 0 bridgehead atoms. The van der Waals surface area contributed by atoms with Crippen LogP contribution in [0.15, 0.2) is 11.6 Å². The molecule has 0 unspecified atom stereocenters. The Hall–Kier alpha value is -0.590. The molecule has 0 amide bonds. The van der Waals surface area contributed by atoms with Crippen LogP contribution in [-0.2, 0) is 4.79 Å². The van der Waals surface area contributed by atoms with E-state index in [1.54, 1.807) is 0 Å². The van der Waals surface area contributed by atoms with Crippen LogP contribution in [-0.4, -0.2) is 5.78 Å². The van der Waals surface area contributed by atoms with Crippen molar-refractivity contribution in [1.82, 2.24) is 0 Å². The van der Waals surface area contributed by atoms with E-state index in [0.717, 1.165) is 18.4 Å². The maximum absolute atomic E-state index is 11.2. The van der Waals surface area contributed by atoms with Gasteiger partial charge in [-0.15, -0.1) is 0 Å². The topological polar surface area (TPSA) is 17.1 Å². The first kappa shape index (κ1) is 10.4. The van der Waals surface area contributed by atoms with E-state index < -0.39 is 0 Å². The van der Waals surface area contributed by atoms with Crippen molar-refractivity contribution < 1.29 is 4.79 Å². The van der Waals surface area contributed by atoms with Crippen molar-refractivity contribution in [1.29, 1.82) is 0 Å². The number of carbonyl (C=O) groups is 1. The zero-order valence-corrected chi connectivity index (χ0v) is 7.81. The first-order chi connectivity index (χ1) is 5.22. The lowest BCUT2D eigenvalue weighted by Crippen LogP contribution is -1.98. The minimum atomic E-state index is 0.306. The number of hydrogen-bond donors (Lipinski definition) is 0. The van der Waals surface area contributed by atoms with E-state index in [-0.39, 0.29) is 0 Å². The third kappa shape index (κ3) is 4.77. The van der Waals surface area contributed by atoms with Gasteiger partial charge in [-0.3, -0.25) is 4.79 Å². The van der Waals surface area contributed by atoms with Gasteiger partial charge in [-0.25, -0.2) is 0 Å². The van der Waals surface area contributed by atoms with E-state index in [1.165, 1.54) is 12.8 Å². The Labute approximate surface area is 69.5 Å². The molecule has 0 atom stereocenters. The first-order valence-electron chi connectivity index (χ1n) is 4.38. The van der Waals surface area contributed by atoms with E-state index >= 15 is 0 Å². The van der Waals surface area contributed by atoms with Gasteiger partial charge in [-0.1, -0.05) is 25.8 Å². The van der Waals surface area contributed by atoms with Crippen LogP contribution >= 0.6 is 0 Å². The average molecular weight is 154 g/mol. The van der Waals surface area contributed by atoms with Crippen LogP contribution < -0.4 is 0 Å². The van der Waals surface area contributed by atoms with Crippen molar-refractivity contribution in [3.63, 3.8) is 0 Å². The van der Waals surface area contributed by atoms with Gasteiger partial charge in [0.25, 0.3) is 0 Å². The highest BCUT2D eigenvalue weighted by molar-refractivity contribution is 5.94. The van der Waals surface area contributed by atoms with Crippen LogP contribution in [0.4, 0.5) is 0 Å². The summed E-state index contributed by atoms with van der Waals surface area (Å²) in [6.45, 7) is 5.94. The quantitative estimate of drug-likeness (QED) is 0.439. The van der Waals surface area contributed by atoms with Crippen molar-refractivity contribution in [3.05, 3.63) is 11.6 Å². The van der Waals surface area contributed by atoms with Crippen LogP contribution in [0.1, 0.15) is 46.5 Å². The molecule has 0 heterocycles. The van der Waals surface area contributed by atoms with E-state index in [2.05, 4.69) is 6.92 Å². The molecule has 0 aliphatic heterocycles. The van der Waals surface area contributed by atoms with Gasteiger partial charge in [0.15, 0.2) is 5.78 Å². The van der Waals surface area contributed by atoms with Gasteiger partial charge in [-0.2, -0.15) is 0 Å². The molecule has 0 N–H and O–H groups in total. The molecule has 0 fully saturated rings. The fraction of sp³-hybridized carbons (Fsp3) is 0.700. The van der Waals surface area contributed by atoms with Crippen LogP contribution in [0.3, 0.4) is 0 Å². The summed E-state index contributed by atoms with van der Waals surface area (Å²) in [6, 6.07) is 0. The SMILES string of the molecule is C/C=C(\C)C(=O)CCCCC. The molecule has 64 valence electrons. The molecule has 11 heavy (non-hydrogen) atoms. The minimum absolute atomic E-state index is 0.306. The van der Waals surface area contributed by atoms with Gasteiger partial charge in [0.2, 0.25) is 0 Å². The molecule has 0 rings (SSSR count). The molecular weight excluding hydrogens is 136 g/mol. The average Bonchev–Trinajstić information content (AvgIpc) is 2.03. The Morgan fingerprint density at radius 3 is 2.45 bits per heavy atom. The van der Waals surface area contributed by atoms with E-state index in [1.807, 2.05) is 19.9 Å². The molecule has 0 aromatic rings. The first-order valence-corrected chi connectivity index (χ1v) is 4.38. The normalized spacial score (nSPS) is 11.7. The van der Waals surface area contributed by atoms with Gasteiger partial charge < -0.3 is 0 Å². The largest absolute Gasteiger partial charge is 0.295 e. The second-order valence-corrected chi connectivity index (χ2v) is 2.85. The third-order valence-electron chi connectivity index (χ3n) is 1.88. The lowest BCUT2D eigenvalue weighted by Gasteiger charge is -1.98. The number of allylic oxidation sites excluding steroid dienone is 2. The molecule has 0 aliphatic rings. The monoisotopic (exact) mass is 154 g/mol. The maximum Gasteiger partial charge on any atom is 0.158 e. The summed E-state index contributed by atoms with van der Waals surface area (Å²) in [5, 5.41) is 0. The predicted molar refractivity (Wildman–Crippen MR) is 48.6 cm³/mol. The summed E-state index contributed by atoms with van der Waals surface area (Å²) in [7, 11) is 0. The van der Waals surface area contributed by atoms with Crippen molar-refractivity contribution >= 4 is 5.78 Å². The van der Waals surface area contributed by atoms with Crippen molar-refractivity contribution in [3.8, 4) is 0 Å². The zero-order valence-electron chi connectivity index (χ0n) is 7.81. The molecule has 0 spiro atoms. The van der Waals surface area contributed by atoms with E-state index in [9.17, 15) is 4.79 Å². The smallest absolute Gasteiger partial charge is 0.158 e. The lowest BCUT2D eigenvalue weighted by atomic mass is 10.1. The van der Waals surface area contributed by atoms with Crippen LogP contribution in [0.25, 0.3) is 0 Å². The highest BCUT2D eigenvalue weighted by Crippen LogP contribution is 2.05. The number of carbonyl (C=O) groups excluding carboxylic acids is 1. The fourth-order valence-corrected chi connectivity index (χ4v) is 0.894. The summed E-state index contributed by atoms with van der Waals surface area (Å²) >= 11 is 0. The van der Waals surface area contributed by atoms with Crippen molar-refractivity contribution in [2.24, 2.45) is 0 Å². The van der Waals surface area contributed by atoms with E-state index in [4.69, 9.17) is 0 Å². The molecular formula is C10H18O. The number of hydrogen-bond acceptors (Lipinski definition) is 1. The fourth-order valence-electron chi connectivity index (χ4n) is 0.894. The molecule has 1 heteroatoms. The summed E-state index contributed by atoms with van der Waals surface area (Å²) in [4.78, 5) is 11.2. The second kappa shape index (κ2) is 6.14. The van der Waals surface area contributed by atoms with Crippen LogP contribution in [0, 0.1) is 0 Å². The minimum Gasteiger partial charge on any atom is -0.295 e. The molecule has 0 aromatic carbocycles. The Kier molecular flexibility index (Phi) is 5.81. The molecule has 0 saturated carbocycles. The molecule has 0 radical (unpaired) electrons. The number of Topliss-reactive ketones (excluding diaryl/α,β-unsaturated/α-hetero) is 1. The summed E-state index contributed by atoms with van der Waals surface area (Å²) in [6.07, 6.45) is 6.00. The third-order valence-corrected chi connectivity index (χ3v) is 1.88. The maximum atomic E-state index is 11.2. The zero-order chi connectivity index (χ0) is 8.69. The summed E-state index contributed by atoms with van der Waals surface area (Å²) in [5.74, 6) is 0.306. The molecule has 0 saturated heterocycles. The van der Waals surface area contributed by atoms with Crippen LogP contribution in [0.5, 0.6) is 0 Å². The second-order valence-electron chi connectivity index (χ2n) is 2.85. The van der Waals surface area contributed by atoms with Gasteiger partial charge in [0.1, 0.15) is 0 Å². The number of ketones is 1. The van der Waals surface area contributed by atoms with Gasteiger partial charge in [0.05, 0.1) is 0 Å². The van der Waals surface area contributed by atoms with Gasteiger partial charge >= 0.3 is 0 Å². The van der Waals surface area contributed by atoms with E-state index in [0.29, 0.717) is 5.78 Å². The van der Waals surface area contributed by atoms with Gasteiger partial charge in [0, 0.05) is 6.42 Å². The van der Waals surface area contributed by atoms with Crippen LogP contribution in [0.2, 0.25) is 0 Å². The Balaban J connectivity index is 3.53. The highest BCUT2D eigenvalue weighted by atomic mass is 16.1. The number of unbranched alkanes of at least 4 members (excludes halogenated alkanes) is 2. The Bertz CT molecular complexity index is 145. The predicted octanol–water partition coefficient (Wildman–Crippen LogP) is 3.10. The molecule has 0 aliphatic carbocycles. The Morgan fingerprint density at radius 2 is 2.00 bits per heavy atom. The number of rotatable bonds is 5. The summed E-state index contributed by atoms with van der Waals surface area (Å²) < 4.78 is 0.